The average molecular weight is 419 g/mol. The zero-order valence-electron chi connectivity index (χ0n) is 16.6. The summed E-state index contributed by atoms with van der Waals surface area (Å²) < 4.78 is 10.9. The molecule has 0 radical (unpaired) electrons. The van der Waals surface area contributed by atoms with Gasteiger partial charge in [0.25, 0.3) is 5.56 Å². The molecule has 2 aromatic rings. The highest BCUT2D eigenvalue weighted by Gasteiger charge is 2.17. The Hall–Kier alpha value is -2.39. The summed E-state index contributed by atoms with van der Waals surface area (Å²) >= 11 is 1.85. The first-order valence-corrected chi connectivity index (χ1v) is 10.9. The molecule has 0 atom stereocenters. The van der Waals surface area contributed by atoms with Crippen molar-refractivity contribution in [3.8, 4) is 17.1 Å². The number of ether oxygens (including phenoxy) is 2. The van der Waals surface area contributed by atoms with Crippen LogP contribution in [0.1, 0.15) is 19.0 Å². The van der Waals surface area contributed by atoms with Gasteiger partial charge in [0.15, 0.2) is 5.82 Å². The Morgan fingerprint density at radius 2 is 2.07 bits per heavy atom. The van der Waals surface area contributed by atoms with Crippen molar-refractivity contribution < 1.29 is 14.3 Å². The minimum atomic E-state index is -0.320. The standard InChI is InChI=1S/C20H26N4O4S/c1-2-27-10-11-28-16-5-3-4-15(14-16)19-21-20(26)17(22-23-19)6-7-18(25)24-8-12-29-13-9-24/h3-5,14H,2,6-13H2,1H3,(H,21,23,26). The minimum Gasteiger partial charge on any atom is -0.491 e. The zero-order chi connectivity index (χ0) is 20.5. The zero-order valence-corrected chi connectivity index (χ0v) is 17.4. The van der Waals surface area contributed by atoms with Gasteiger partial charge in [0.05, 0.1) is 6.61 Å². The Morgan fingerprint density at radius 1 is 1.24 bits per heavy atom. The molecule has 1 saturated heterocycles. The fourth-order valence-electron chi connectivity index (χ4n) is 2.95. The number of H-pyrrole nitrogens is 1. The number of hydrogen-bond donors (Lipinski definition) is 1. The maximum Gasteiger partial charge on any atom is 0.273 e. The first-order valence-electron chi connectivity index (χ1n) is 9.79. The van der Waals surface area contributed by atoms with Crippen LogP contribution in [0.3, 0.4) is 0 Å². The van der Waals surface area contributed by atoms with Crippen molar-refractivity contribution in [3.63, 3.8) is 0 Å². The van der Waals surface area contributed by atoms with E-state index in [0.717, 1.165) is 24.6 Å². The summed E-state index contributed by atoms with van der Waals surface area (Å²) in [5.41, 5.74) is 0.661. The van der Waals surface area contributed by atoms with Crippen molar-refractivity contribution in [2.75, 3.05) is 44.4 Å². The lowest BCUT2D eigenvalue weighted by atomic mass is 10.2. The largest absolute Gasteiger partial charge is 0.491 e. The molecule has 0 bridgehead atoms. The second kappa shape index (κ2) is 11.0. The molecular formula is C20H26N4O4S. The van der Waals surface area contributed by atoms with Gasteiger partial charge >= 0.3 is 0 Å². The fraction of sp³-hybridized carbons (Fsp3) is 0.500. The molecule has 1 fully saturated rings. The predicted molar refractivity (Wildman–Crippen MR) is 112 cm³/mol. The molecule has 1 aromatic heterocycles. The lowest BCUT2D eigenvalue weighted by Gasteiger charge is -2.26. The average Bonchev–Trinajstić information content (AvgIpc) is 2.76. The van der Waals surface area contributed by atoms with E-state index in [9.17, 15) is 9.59 Å². The van der Waals surface area contributed by atoms with E-state index in [1.165, 1.54) is 0 Å². The Morgan fingerprint density at radius 3 is 2.83 bits per heavy atom. The Bertz CT molecular complexity index is 868. The lowest BCUT2D eigenvalue weighted by Crippen LogP contribution is -2.38. The highest BCUT2D eigenvalue weighted by Crippen LogP contribution is 2.20. The number of aromatic amines is 1. The highest BCUT2D eigenvalue weighted by molar-refractivity contribution is 7.99. The van der Waals surface area contributed by atoms with Crippen LogP contribution in [0.4, 0.5) is 0 Å². The van der Waals surface area contributed by atoms with Crippen LogP contribution in [0.2, 0.25) is 0 Å². The van der Waals surface area contributed by atoms with Gasteiger partial charge in [-0.2, -0.15) is 11.8 Å². The van der Waals surface area contributed by atoms with Gasteiger partial charge in [-0.3, -0.25) is 9.59 Å². The number of thioether (sulfide) groups is 1. The van der Waals surface area contributed by atoms with E-state index in [-0.39, 0.29) is 30.0 Å². The van der Waals surface area contributed by atoms with E-state index in [0.29, 0.717) is 37.0 Å². The number of hydrogen-bond acceptors (Lipinski definition) is 7. The number of amides is 1. The van der Waals surface area contributed by atoms with Crippen molar-refractivity contribution in [1.29, 1.82) is 0 Å². The summed E-state index contributed by atoms with van der Waals surface area (Å²) in [5.74, 6) is 3.03. The molecule has 2 heterocycles. The number of benzene rings is 1. The lowest BCUT2D eigenvalue weighted by molar-refractivity contribution is -0.130. The number of nitrogens with one attached hydrogen (secondary N) is 1. The van der Waals surface area contributed by atoms with Gasteiger partial charge in [-0.15, -0.1) is 10.2 Å². The fourth-order valence-corrected chi connectivity index (χ4v) is 3.85. The molecule has 0 aliphatic carbocycles. The van der Waals surface area contributed by atoms with Gasteiger partial charge in [-0.05, 0) is 19.1 Å². The number of aromatic nitrogens is 3. The van der Waals surface area contributed by atoms with Crippen molar-refractivity contribution in [2.24, 2.45) is 0 Å². The summed E-state index contributed by atoms with van der Waals surface area (Å²) in [6.45, 7) is 5.08. The topological polar surface area (TPSA) is 97.4 Å². The van der Waals surface area contributed by atoms with E-state index < -0.39 is 0 Å². The van der Waals surface area contributed by atoms with Crippen LogP contribution < -0.4 is 10.3 Å². The minimum absolute atomic E-state index is 0.0625. The molecule has 156 valence electrons. The van der Waals surface area contributed by atoms with Crippen molar-refractivity contribution in [3.05, 3.63) is 40.3 Å². The molecule has 1 N–H and O–H groups in total. The van der Waals surface area contributed by atoms with Crippen molar-refractivity contribution in [1.82, 2.24) is 20.1 Å². The van der Waals surface area contributed by atoms with E-state index in [1.807, 2.05) is 41.8 Å². The second-order valence-corrected chi connectivity index (χ2v) is 7.74. The van der Waals surface area contributed by atoms with Gasteiger partial charge in [0.1, 0.15) is 18.1 Å². The summed E-state index contributed by atoms with van der Waals surface area (Å²) in [7, 11) is 0. The maximum absolute atomic E-state index is 12.4. The molecule has 1 aliphatic rings. The van der Waals surface area contributed by atoms with E-state index in [1.54, 1.807) is 6.07 Å². The molecule has 1 aromatic carbocycles. The number of nitrogens with zero attached hydrogens (tertiary/aromatic N) is 3. The normalized spacial score (nSPS) is 14.0. The van der Waals surface area contributed by atoms with Crippen molar-refractivity contribution in [2.45, 2.75) is 19.8 Å². The molecule has 9 heteroatoms. The third kappa shape index (κ3) is 6.30. The molecule has 3 rings (SSSR count). The third-order valence-corrected chi connectivity index (χ3v) is 5.45. The van der Waals surface area contributed by atoms with E-state index >= 15 is 0 Å². The molecule has 8 nitrogen and oxygen atoms in total. The molecule has 1 amide bonds. The second-order valence-electron chi connectivity index (χ2n) is 6.52. The Labute approximate surface area is 174 Å². The summed E-state index contributed by atoms with van der Waals surface area (Å²) in [4.78, 5) is 29.3. The predicted octanol–water partition coefficient (Wildman–Crippen LogP) is 1.76. The number of carbonyl (C=O) groups excluding carboxylic acids is 1. The molecular weight excluding hydrogens is 392 g/mol. The van der Waals surface area contributed by atoms with Crippen LogP contribution in [0.5, 0.6) is 5.75 Å². The monoisotopic (exact) mass is 418 g/mol. The smallest absolute Gasteiger partial charge is 0.273 e. The van der Waals surface area contributed by atoms with Gasteiger partial charge in [-0.1, -0.05) is 12.1 Å². The van der Waals surface area contributed by atoms with Crippen LogP contribution >= 0.6 is 11.8 Å². The quantitative estimate of drug-likeness (QED) is 0.620. The number of carbonyl (C=O) groups is 1. The molecule has 0 saturated carbocycles. The van der Waals surface area contributed by atoms with E-state index in [4.69, 9.17) is 9.47 Å². The third-order valence-electron chi connectivity index (χ3n) is 4.51. The summed E-state index contributed by atoms with van der Waals surface area (Å²) in [5, 5.41) is 8.20. The van der Waals surface area contributed by atoms with Crippen LogP contribution in [-0.4, -0.2) is 70.4 Å². The summed E-state index contributed by atoms with van der Waals surface area (Å²) in [6.07, 6.45) is 0.552. The SMILES string of the molecule is CCOCCOc1cccc(-c2nnc(CCC(=O)N3CCSCC3)c(=O)[nH]2)c1. The summed E-state index contributed by atoms with van der Waals surface area (Å²) in [6, 6.07) is 7.28. The van der Waals surface area contributed by atoms with Gasteiger partial charge in [0, 0.05) is 49.6 Å². The maximum atomic E-state index is 12.4. The van der Waals surface area contributed by atoms with Crippen LogP contribution in [0, 0.1) is 0 Å². The number of rotatable bonds is 9. The van der Waals surface area contributed by atoms with Crippen molar-refractivity contribution >= 4 is 17.7 Å². The van der Waals surface area contributed by atoms with Crippen LogP contribution in [0.15, 0.2) is 29.1 Å². The Balaban J connectivity index is 1.60. The molecule has 0 spiro atoms. The first-order chi connectivity index (χ1) is 14.2. The van der Waals surface area contributed by atoms with Crippen LogP contribution in [0.25, 0.3) is 11.4 Å². The Kier molecular flexibility index (Phi) is 8.06. The van der Waals surface area contributed by atoms with E-state index in [2.05, 4.69) is 15.2 Å². The molecule has 1 aliphatic heterocycles. The van der Waals surface area contributed by atoms with Gasteiger partial charge < -0.3 is 19.4 Å². The van der Waals surface area contributed by atoms with Gasteiger partial charge in [0.2, 0.25) is 5.91 Å². The van der Waals surface area contributed by atoms with Gasteiger partial charge in [-0.25, -0.2) is 0 Å². The molecule has 29 heavy (non-hydrogen) atoms. The molecule has 0 unspecified atom stereocenters. The highest BCUT2D eigenvalue weighted by atomic mass is 32.2. The first kappa shape index (κ1) is 21.3. The van der Waals surface area contributed by atoms with Crippen LogP contribution in [-0.2, 0) is 16.0 Å². The number of aryl methyl sites for hydroxylation is 1.